The predicted molar refractivity (Wildman–Crippen MR) is 168 cm³/mol. The van der Waals surface area contributed by atoms with Crippen LogP contribution in [0.2, 0.25) is 0 Å². The molecule has 4 aromatic carbocycles. The summed E-state index contributed by atoms with van der Waals surface area (Å²) in [6, 6.07) is 33.6. The van der Waals surface area contributed by atoms with Gasteiger partial charge in [0, 0.05) is 17.5 Å². The second-order valence-electron chi connectivity index (χ2n) is 10.0. The number of hydrogen-bond donors (Lipinski definition) is 0. The van der Waals surface area contributed by atoms with Gasteiger partial charge >= 0.3 is 0 Å². The molecule has 1 aliphatic heterocycles. The number of benzene rings is 4. The fraction of sp³-hybridized carbons (Fsp3) is 0.171. The third-order valence-electron chi connectivity index (χ3n) is 7.53. The van der Waals surface area contributed by atoms with Crippen LogP contribution in [0.25, 0.3) is 22.5 Å². The fourth-order valence-corrected chi connectivity index (χ4v) is 5.09. The quantitative estimate of drug-likeness (QED) is 0.185. The second-order valence-corrected chi connectivity index (χ2v) is 10.0. The Morgan fingerprint density at radius 1 is 0.535 bits per heavy atom. The Bertz CT molecular complexity index is 1650. The lowest BCUT2D eigenvalue weighted by molar-refractivity contribution is 0.414. The lowest BCUT2D eigenvalue weighted by atomic mass is 9.98. The van der Waals surface area contributed by atoms with E-state index in [2.05, 4.69) is 12.1 Å². The Morgan fingerprint density at radius 2 is 0.930 bits per heavy atom. The minimum Gasteiger partial charge on any atom is -0.497 e. The number of anilines is 1. The molecule has 0 fully saturated rings. The van der Waals surface area contributed by atoms with E-state index in [1.54, 1.807) is 28.4 Å². The van der Waals surface area contributed by atoms with Crippen molar-refractivity contribution in [2.24, 2.45) is 5.10 Å². The number of rotatable bonds is 9. The van der Waals surface area contributed by atoms with Gasteiger partial charge < -0.3 is 18.9 Å². The molecule has 2 heterocycles. The first-order chi connectivity index (χ1) is 21.1. The molecule has 0 amide bonds. The molecule has 0 bridgehead atoms. The van der Waals surface area contributed by atoms with Gasteiger partial charge in [-0.2, -0.15) is 5.10 Å². The van der Waals surface area contributed by atoms with Crippen molar-refractivity contribution in [3.8, 4) is 45.5 Å². The van der Waals surface area contributed by atoms with Gasteiger partial charge in [-0.05, 0) is 102 Å². The smallest absolute Gasteiger partial charge is 0.247 e. The van der Waals surface area contributed by atoms with E-state index in [1.807, 2.05) is 96.0 Å². The van der Waals surface area contributed by atoms with Gasteiger partial charge in [0.05, 0.1) is 51.6 Å². The maximum Gasteiger partial charge on any atom is 0.247 e. The van der Waals surface area contributed by atoms with Crippen LogP contribution in [0.1, 0.15) is 23.6 Å². The molecular formula is C35H32N4O4. The number of nitrogens with zero attached hydrogens (tertiary/aromatic N) is 4. The summed E-state index contributed by atoms with van der Waals surface area (Å²) in [6.45, 7) is 0. The highest BCUT2D eigenvalue weighted by atomic mass is 16.5. The standard InChI is InChI=1S/C35H32N4O4/c1-40-27-13-5-23(6-14-27)31-21-32(24-7-15-28(41-2)16-8-24)37-35(36-31)39-34(26-11-19-30(43-4)20-12-26)22-33(38-39)25-9-17-29(42-3)18-10-25/h5-21,34H,22H2,1-4H3. The number of aromatic nitrogens is 2. The first-order valence-electron chi connectivity index (χ1n) is 13.9. The molecule has 1 unspecified atom stereocenters. The highest BCUT2D eigenvalue weighted by Gasteiger charge is 2.32. The van der Waals surface area contributed by atoms with E-state index in [0.29, 0.717) is 12.4 Å². The molecule has 0 saturated heterocycles. The van der Waals surface area contributed by atoms with E-state index in [9.17, 15) is 0 Å². The topological polar surface area (TPSA) is 78.3 Å². The van der Waals surface area contributed by atoms with Crippen LogP contribution in [0.15, 0.2) is 108 Å². The van der Waals surface area contributed by atoms with Gasteiger partial charge in [0.1, 0.15) is 23.0 Å². The summed E-state index contributed by atoms with van der Waals surface area (Å²) in [5.41, 5.74) is 6.48. The largest absolute Gasteiger partial charge is 0.497 e. The summed E-state index contributed by atoms with van der Waals surface area (Å²) in [4.78, 5) is 10.1. The molecule has 1 aliphatic rings. The Kier molecular flexibility index (Phi) is 7.91. The highest BCUT2D eigenvalue weighted by molar-refractivity contribution is 6.03. The Morgan fingerprint density at radius 3 is 1.35 bits per heavy atom. The summed E-state index contributed by atoms with van der Waals surface area (Å²) in [5.74, 6) is 3.65. The van der Waals surface area contributed by atoms with Crippen LogP contribution in [0.5, 0.6) is 23.0 Å². The number of hydrogen-bond acceptors (Lipinski definition) is 8. The molecular weight excluding hydrogens is 540 g/mol. The molecule has 43 heavy (non-hydrogen) atoms. The molecule has 1 aromatic heterocycles. The van der Waals surface area contributed by atoms with Gasteiger partial charge in [0.15, 0.2) is 0 Å². The van der Waals surface area contributed by atoms with Crippen LogP contribution < -0.4 is 24.0 Å². The summed E-state index contributed by atoms with van der Waals surface area (Å²) in [6.07, 6.45) is 0.673. The fourth-order valence-electron chi connectivity index (χ4n) is 5.09. The van der Waals surface area contributed by atoms with Gasteiger partial charge in [0.25, 0.3) is 0 Å². The van der Waals surface area contributed by atoms with Gasteiger partial charge in [-0.3, -0.25) is 0 Å². The minimum atomic E-state index is -0.127. The van der Waals surface area contributed by atoms with E-state index in [4.69, 9.17) is 34.0 Å². The van der Waals surface area contributed by atoms with E-state index in [0.717, 1.165) is 62.4 Å². The normalized spacial score (nSPS) is 14.3. The molecule has 8 heteroatoms. The number of hydrazone groups is 1. The third kappa shape index (κ3) is 5.85. The molecule has 216 valence electrons. The molecule has 0 N–H and O–H groups in total. The van der Waals surface area contributed by atoms with Crippen molar-refractivity contribution in [1.82, 2.24) is 9.97 Å². The van der Waals surface area contributed by atoms with Crippen molar-refractivity contribution in [3.63, 3.8) is 0 Å². The van der Waals surface area contributed by atoms with Gasteiger partial charge in [-0.15, -0.1) is 0 Å². The van der Waals surface area contributed by atoms with Crippen molar-refractivity contribution in [3.05, 3.63) is 114 Å². The van der Waals surface area contributed by atoms with Crippen LogP contribution >= 0.6 is 0 Å². The lowest BCUT2D eigenvalue weighted by Gasteiger charge is -2.23. The molecule has 6 rings (SSSR count). The van der Waals surface area contributed by atoms with E-state index in [1.165, 1.54) is 0 Å². The summed E-state index contributed by atoms with van der Waals surface area (Å²) in [7, 11) is 6.65. The van der Waals surface area contributed by atoms with Crippen molar-refractivity contribution >= 4 is 11.7 Å². The van der Waals surface area contributed by atoms with Gasteiger partial charge in [0.2, 0.25) is 5.95 Å². The van der Waals surface area contributed by atoms with Crippen molar-refractivity contribution in [2.75, 3.05) is 33.4 Å². The average molecular weight is 573 g/mol. The lowest BCUT2D eigenvalue weighted by Crippen LogP contribution is -2.21. The average Bonchev–Trinajstić information content (AvgIpc) is 3.54. The first kappa shape index (κ1) is 27.8. The summed E-state index contributed by atoms with van der Waals surface area (Å²) in [5, 5.41) is 7.05. The van der Waals surface area contributed by atoms with Crippen LogP contribution in [-0.2, 0) is 0 Å². The zero-order valence-electron chi connectivity index (χ0n) is 24.5. The van der Waals surface area contributed by atoms with Gasteiger partial charge in [-0.25, -0.2) is 15.0 Å². The van der Waals surface area contributed by atoms with Crippen molar-refractivity contribution in [2.45, 2.75) is 12.5 Å². The van der Waals surface area contributed by atoms with E-state index in [-0.39, 0.29) is 6.04 Å². The summed E-state index contributed by atoms with van der Waals surface area (Å²) >= 11 is 0. The van der Waals surface area contributed by atoms with Crippen molar-refractivity contribution < 1.29 is 18.9 Å². The summed E-state index contributed by atoms with van der Waals surface area (Å²) < 4.78 is 21.6. The zero-order valence-corrected chi connectivity index (χ0v) is 24.5. The Labute approximate surface area is 251 Å². The second kappa shape index (κ2) is 12.2. The molecule has 0 radical (unpaired) electrons. The van der Waals surface area contributed by atoms with E-state index >= 15 is 0 Å². The SMILES string of the molecule is COc1ccc(C2=NN(c3nc(-c4ccc(OC)cc4)cc(-c4ccc(OC)cc4)n3)C(c3ccc(OC)cc3)C2)cc1. The Hall–Kier alpha value is -5.37. The number of ether oxygens (including phenoxy) is 4. The first-order valence-corrected chi connectivity index (χ1v) is 13.9. The van der Waals surface area contributed by atoms with Crippen molar-refractivity contribution in [1.29, 1.82) is 0 Å². The van der Waals surface area contributed by atoms with Crippen LogP contribution in [-0.4, -0.2) is 44.1 Å². The highest BCUT2D eigenvalue weighted by Crippen LogP contribution is 2.38. The molecule has 0 aliphatic carbocycles. The van der Waals surface area contributed by atoms with Gasteiger partial charge in [-0.1, -0.05) is 12.1 Å². The molecule has 5 aromatic rings. The van der Waals surface area contributed by atoms with E-state index < -0.39 is 0 Å². The number of methoxy groups -OCH3 is 4. The molecule has 0 saturated carbocycles. The molecule has 0 spiro atoms. The maximum atomic E-state index is 5.42. The zero-order chi connectivity index (χ0) is 29.8. The van der Waals surface area contributed by atoms with Crippen LogP contribution in [0, 0.1) is 0 Å². The molecule has 8 nitrogen and oxygen atoms in total. The minimum absolute atomic E-state index is 0.127. The van der Waals surface area contributed by atoms with Crippen LogP contribution in [0.3, 0.4) is 0 Å². The Balaban J connectivity index is 1.49. The third-order valence-corrected chi connectivity index (χ3v) is 7.53. The maximum absolute atomic E-state index is 5.42. The predicted octanol–water partition coefficient (Wildman–Crippen LogP) is 7.20. The monoisotopic (exact) mass is 572 g/mol. The molecule has 1 atom stereocenters. The van der Waals surface area contributed by atoms with Crippen LogP contribution in [0.4, 0.5) is 5.95 Å².